The molecule has 1 saturated carbocycles. The van der Waals surface area contributed by atoms with Crippen molar-refractivity contribution in [3.05, 3.63) is 107 Å². The molecule has 6 rings (SSSR count). The third-order valence-corrected chi connectivity index (χ3v) is 9.14. The maximum atomic E-state index is 5.67. The number of methoxy groups -OCH3 is 1. The van der Waals surface area contributed by atoms with Crippen LogP contribution in [-0.2, 0) is 11.8 Å². The van der Waals surface area contributed by atoms with Gasteiger partial charge in [-0.25, -0.2) is 0 Å². The second-order valence-corrected chi connectivity index (χ2v) is 10.8. The van der Waals surface area contributed by atoms with Crippen LogP contribution in [0.1, 0.15) is 66.8 Å². The van der Waals surface area contributed by atoms with E-state index in [1.807, 2.05) is 0 Å². The van der Waals surface area contributed by atoms with Crippen molar-refractivity contribution in [3.8, 4) is 5.75 Å². The van der Waals surface area contributed by atoms with Gasteiger partial charge in [0, 0.05) is 17.5 Å². The Hall–Kier alpha value is -2.36. The standard InChI is InChI=1S/C33H37NO.BrH/c1-35-28-19-18-27-23-32-29-16-8-9-20-33(29,30(27)24-28)21-22-34(32)31(26-14-6-3-7-15-26)17-10-13-25-11-4-2-5-12-25;/h2-7,10-15,18-19,24,29,31-32H,8-9,16-17,20-23H2,1H3;1H/b13-10+;/t29-,31?,32-,33-;/m0./s1. The maximum absolute atomic E-state index is 5.67. The van der Waals surface area contributed by atoms with Crippen molar-refractivity contribution < 1.29 is 4.74 Å². The van der Waals surface area contributed by atoms with Crippen LogP contribution in [0.25, 0.3) is 6.08 Å². The van der Waals surface area contributed by atoms with Gasteiger partial charge in [0.25, 0.3) is 0 Å². The van der Waals surface area contributed by atoms with Crippen LogP contribution in [-0.4, -0.2) is 24.6 Å². The van der Waals surface area contributed by atoms with E-state index in [4.69, 9.17) is 4.74 Å². The molecule has 1 unspecified atom stereocenters. The van der Waals surface area contributed by atoms with Crippen LogP contribution >= 0.6 is 17.0 Å². The van der Waals surface area contributed by atoms with Gasteiger partial charge >= 0.3 is 0 Å². The first-order chi connectivity index (χ1) is 17.3. The van der Waals surface area contributed by atoms with E-state index in [0.717, 1.165) is 24.5 Å². The molecule has 3 aromatic carbocycles. The van der Waals surface area contributed by atoms with Gasteiger partial charge in [-0.1, -0.05) is 91.7 Å². The Morgan fingerprint density at radius 3 is 2.53 bits per heavy atom. The molecule has 1 aliphatic heterocycles. The summed E-state index contributed by atoms with van der Waals surface area (Å²) in [5.41, 5.74) is 6.24. The second-order valence-electron chi connectivity index (χ2n) is 10.8. The monoisotopic (exact) mass is 543 g/mol. The number of fused-ring (bicyclic) bond motifs is 1. The van der Waals surface area contributed by atoms with Crippen molar-refractivity contribution in [3.63, 3.8) is 0 Å². The smallest absolute Gasteiger partial charge is 0.119 e. The zero-order valence-electron chi connectivity index (χ0n) is 21.3. The summed E-state index contributed by atoms with van der Waals surface area (Å²) < 4.78 is 5.67. The van der Waals surface area contributed by atoms with E-state index in [1.54, 1.807) is 18.2 Å². The minimum Gasteiger partial charge on any atom is -0.497 e. The highest BCUT2D eigenvalue weighted by molar-refractivity contribution is 8.93. The molecular weight excluding hydrogens is 506 g/mol. The van der Waals surface area contributed by atoms with Crippen molar-refractivity contribution in [1.82, 2.24) is 4.90 Å². The number of hydrogen-bond acceptors (Lipinski definition) is 2. The van der Waals surface area contributed by atoms with Gasteiger partial charge in [0.15, 0.2) is 0 Å². The fourth-order valence-electron chi connectivity index (χ4n) is 7.56. The molecule has 2 fully saturated rings. The fourth-order valence-corrected chi connectivity index (χ4v) is 7.56. The largest absolute Gasteiger partial charge is 0.497 e. The normalized spacial score (nSPS) is 25.9. The van der Waals surface area contributed by atoms with E-state index in [0.29, 0.717) is 17.5 Å². The number of piperidine rings is 1. The summed E-state index contributed by atoms with van der Waals surface area (Å²) >= 11 is 0. The Labute approximate surface area is 227 Å². The first-order valence-electron chi connectivity index (χ1n) is 13.5. The van der Waals surface area contributed by atoms with Gasteiger partial charge in [-0.3, -0.25) is 4.90 Å². The summed E-state index contributed by atoms with van der Waals surface area (Å²) in [5, 5.41) is 0. The molecule has 0 aromatic heterocycles. The van der Waals surface area contributed by atoms with Crippen LogP contribution in [0.5, 0.6) is 5.75 Å². The summed E-state index contributed by atoms with van der Waals surface area (Å²) in [6.07, 6.45) is 13.6. The fraction of sp³-hybridized carbons (Fsp3) is 0.394. The number of likely N-dealkylation sites (tertiary alicyclic amines) is 1. The van der Waals surface area contributed by atoms with Crippen molar-refractivity contribution in [2.24, 2.45) is 5.92 Å². The SMILES string of the molecule is Br.COc1ccc2c(c1)[C@]13CCCC[C@H]1[C@H](C2)N(C(C/C=C/c1ccccc1)c1ccccc1)CC3. The molecule has 2 nitrogen and oxygen atoms in total. The van der Waals surface area contributed by atoms with Gasteiger partial charge in [0.05, 0.1) is 7.11 Å². The van der Waals surface area contributed by atoms with Crippen LogP contribution in [0, 0.1) is 5.92 Å². The highest BCUT2D eigenvalue weighted by Crippen LogP contribution is 2.57. The number of halogens is 1. The van der Waals surface area contributed by atoms with Gasteiger partial charge in [0.1, 0.15) is 5.75 Å². The highest BCUT2D eigenvalue weighted by atomic mass is 79.9. The summed E-state index contributed by atoms with van der Waals surface area (Å²) in [6.45, 7) is 1.18. The topological polar surface area (TPSA) is 12.5 Å². The quantitative estimate of drug-likeness (QED) is 0.310. The molecular formula is C33H38BrNO. The lowest BCUT2D eigenvalue weighted by Gasteiger charge is -2.60. The van der Waals surface area contributed by atoms with E-state index in [-0.39, 0.29) is 17.0 Å². The Morgan fingerprint density at radius 1 is 0.972 bits per heavy atom. The average Bonchev–Trinajstić information content (AvgIpc) is 2.92. The molecule has 3 aliphatic rings. The molecule has 36 heavy (non-hydrogen) atoms. The molecule has 0 spiro atoms. The van der Waals surface area contributed by atoms with Gasteiger partial charge in [-0.2, -0.15) is 0 Å². The lowest BCUT2D eigenvalue weighted by Crippen LogP contribution is -2.61. The summed E-state index contributed by atoms with van der Waals surface area (Å²) in [4.78, 5) is 2.89. The number of rotatable bonds is 6. The lowest BCUT2D eigenvalue weighted by molar-refractivity contribution is -0.0340. The average molecular weight is 545 g/mol. The molecule has 2 aliphatic carbocycles. The molecule has 3 aromatic rings. The van der Waals surface area contributed by atoms with Crippen molar-refractivity contribution in [2.75, 3.05) is 13.7 Å². The lowest BCUT2D eigenvalue weighted by atomic mass is 9.52. The third kappa shape index (κ3) is 4.57. The predicted octanol–water partition coefficient (Wildman–Crippen LogP) is 8.18. The third-order valence-electron chi connectivity index (χ3n) is 9.14. The van der Waals surface area contributed by atoms with Crippen molar-refractivity contribution >= 4 is 23.1 Å². The molecule has 188 valence electrons. The van der Waals surface area contributed by atoms with Gasteiger partial charge < -0.3 is 4.74 Å². The zero-order valence-corrected chi connectivity index (χ0v) is 23.0. The number of nitrogens with zero attached hydrogens (tertiary/aromatic N) is 1. The van der Waals surface area contributed by atoms with Crippen molar-refractivity contribution in [2.45, 2.75) is 62.4 Å². The summed E-state index contributed by atoms with van der Waals surface area (Å²) in [6, 6.07) is 29.9. The van der Waals surface area contributed by atoms with Gasteiger partial charge in [-0.15, -0.1) is 17.0 Å². The Morgan fingerprint density at radius 2 is 1.75 bits per heavy atom. The molecule has 1 heterocycles. The van der Waals surface area contributed by atoms with E-state index in [1.165, 1.54) is 49.8 Å². The number of hydrogen-bond donors (Lipinski definition) is 0. The minimum atomic E-state index is 0. The minimum absolute atomic E-state index is 0. The number of benzene rings is 3. The van der Waals surface area contributed by atoms with Crippen molar-refractivity contribution in [1.29, 1.82) is 0 Å². The van der Waals surface area contributed by atoms with Crippen LogP contribution in [0.2, 0.25) is 0 Å². The van der Waals surface area contributed by atoms with E-state index < -0.39 is 0 Å². The van der Waals surface area contributed by atoms with E-state index in [9.17, 15) is 0 Å². The molecule has 4 atom stereocenters. The molecule has 1 saturated heterocycles. The van der Waals surface area contributed by atoms with Gasteiger partial charge in [0.2, 0.25) is 0 Å². The molecule has 0 amide bonds. The number of ether oxygens (including phenoxy) is 1. The molecule has 0 radical (unpaired) electrons. The van der Waals surface area contributed by atoms with Crippen LogP contribution < -0.4 is 4.74 Å². The zero-order chi connectivity index (χ0) is 23.7. The predicted molar refractivity (Wildman–Crippen MR) is 155 cm³/mol. The van der Waals surface area contributed by atoms with Gasteiger partial charge in [-0.05, 0) is 79.0 Å². The Balaban J connectivity index is 0.00000267. The first-order valence-corrected chi connectivity index (χ1v) is 13.5. The second kappa shape index (κ2) is 10.9. The molecule has 0 N–H and O–H groups in total. The Bertz CT molecular complexity index is 1180. The van der Waals surface area contributed by atoms with Crippen LogP contribution in [0.4, 0.5) is 0 Å². The highest BCUT2D eigenvalue weighted by Gasteiger charge is 2.54. The summed E-state index contributed by atoms with van der Waals surface area (Å²) in [5.74, 6) is 1.77. The molecule has 2 bridgehead atoms. The summed E-state index contributed by atoms with van der Waals surface area (Å²) in [7, 11) is 1.80. The van der Waals surface area contributed by atoms with E-state index in [2.05, 4.69) is 95.9 Å². The Kier molecular flexibility index (Phi) is 7.69. The van der Waals surface area contributed by atoms with Crippen LogP contribution in [0.3, 0.4) is 0 Å². The molecule has 3 heteroatoms. The van der Waals surface area contributed by atoms with Crippen LogP contribution in [0.15, 0.2) is 84.9 Å². The maximum Gasteiger partial charge on any atom is 0.119 e. The van der Waals surface area contributed by atoms with E-state index >= 15 is 0 Å². The first kappa shape index (κ1) is 25.3.